The van der Waals surface area contributed by atoms with E-state index in [0.717, 1.165) is 13.0 Å². The molecule has 154 valence electrons. The van der Waals surface area contributed by atoms with Crippen LogP contribution in [0.1, 0.15) is 42.5 Å². The van der Waals surface area contributed by atoms with Gasteiger partial charge in [-0.05, 0) is 51.9 Å². The van der Waals surface area contributed by atoms with E-state index in [-0.39, 0.29) is 11.3 Å². The van der Waals surface area contributed by atoms with E-state index < -0.39 is 5.66 Å². The van der Waals surface area contributed by atoms with Crippen LogP contribution in [0.15, 0.2) is 72.8 Å². The molecule has 0 saturated carbocycles. The first-order valence-electron chi connectivity index (χ1n) is 11.1. The first kappa shape index (κ1) is 18.4. The summed E-state index contributed by atoms with van der Waals surface area (Å²) in [6.45, 7) is 5.21. The molecule has 0 radical (unpaired) electrons. The first-order chi connectivity index (χ1) is 15.0. The topological polar surface area (TPSA) is 32.3 Å². The van der Waals surface area contributed by atoms with E-state index in [1.54, 1.807) is 0 Å². The largest absolute Gasteiger partial charge is 0.344 e. The molecule has 0 aromatic heterocycles. The van der Waals surface area contributed by atoms with Crippen LogP contribution in [0.3, 0.4) is 0 Å². The Hall–Kier alpha value is -3.33. The Kier molecular flexibility index (Phi) is 3.77. The molecule has 1 aliphatic carbocycles. The number of hydrogen-bond donors (Lipinski definition) is 1. The second kappa shape index (κ2) is 6.34. The van der Waals surface area contributed by atoms with Crippen molar-refractivity contribution in [2.45, 2.75) is 37.8 Å². The van der Waals surface area contributed by atoms with Gasteiger partial charge in [-0.15, -0.1) is 0 Å². The summed E-state index contributed by atoms with van der Waals surface area (Å²) in [5.74, 6) is 0.117. The number of carbonyl (C=O) groups is 1. The van der Waals surface area contributed by atoms with Crippen molar-refractivity contribution in [1.29, 1.82) is 0 Å². The minimum atomic E-state index is -0.562. The zero-order valence-corrected chi connectivity index (χ0v) is 18.0. The molecule has 1 fully saturated rings. The molecule has 1 atom stereocenters. The maximum atomic E-state index is 12.6. The van der Waals surface area contributed by atoms with Gasteiger partial charge >= 0.3 is 0 Å². The van der Waals surface area contributed by atoms with E-state index in [4.69, 9.17) is 0 Å². The average molecular weight is 407 g/mol. The summed E-state index contributed by atoms with van der Waals surface area (Å²) in [6.07, 6.45) is 5.92. The number of fused-ring (bicyclic) bond motifs is 6. The molecule has 3 aromatic rings. The maximum absolute atomic E-state index is 12.6. The molecule has 31 heavy (non-hydrogen) atoms. The summed E-state index contributed by atoms with van der Waals surface area (Å²) in [6, 6.07) is 23.9. The van der Waals surface area contributed by atoms with E-state index in [2.05, 4.69) is 103 Å². The molecule has 6 rings (SSSR count). The highest BCUT2D eigenvalue weighted by atomic mass is 16.2. The Labute approximate surface area is 183 Å². The highest BCUT2D eigenvalue weighted by Crippen LogP contribution is 2.52. The van der Waals surface area contributed by atoms with Crippen LogP contribution in [0.4, 0.5) is 5.69 Å². The molecule has 0 spiro atoms. The van der Waals surface area contributed by atoms with Crippen molar-refractivity contribution >= 4 is 17.7 Å². The number of nitrogens with one attached hydrogen (secondary N) is 1. The third-order valence-corrected chi connectivity index (χ3v) is 7.47. The fourth-order valence-electron chi connectivity index (χ4n) is 5.80. The van der Waals surface area contributed by atoms with E-state index in [0.29, 0.717) is 6.42 Å². The fraction of sp³-hybridized carbons (Fsp3) is 0.250. The minimum absolute atomic E-state index is 0.117. The molecule has 3 aliphatic rings. The smallest absolute Gasteiger partial charge is 0.223 e. The molecule has 3 nitrogen and oxygen atoms in total. The van der Waals surface area contributed by atoms with Crippen LogP contribution in [-0.4, -0.2) is 18.1 Å². The molecule has 0 bridgehead atoms. The highest BCUT2D eigenvalue weighted by Gasteiger charge is 2.57. The summed E-state index contributed by atoms with van der Waals surface area (Å²) < 4.78 is 0. The fourth-order valence-corrected chi connectivity index (χ4v) is 5.80. The molecule has 2 aliphatic heterocycles. The summed E-state index contributed by atoms with van der Waals surface area (Å²) in [5.41, 5.74) is 8.34. The maximum Gasteiger partial charge on any atom is 0.223 e. The van der Waals surface area contributed by atoms with E-state index in [1.807, 2.05) is 0 Å². The molecule has 1 N–H and O–H groups in total. The average Bonchev–Trinajstić information content (AvgIpc) is 3.23. The van der Waals surface area contributed by atoms with Crippen molar-refractivity contribution in [2.75, 3.05) is 11.4 Å². The van der Waals surface area contributed by atoms with Crippen LogP contribution in [-0.2, 0) is 16.6 Å². The lowest BCUT2D eigenvalue weighted by Gasteiger charge is -2.49. The zero-order valence-electron chi connectivity index (χ0n) is 18.0. The second-order valence-corrected chi connectivity index (χ2v) is 9.44. The number of carbonyl (C=O) groups excluding carboxylic acids is 1. The van der Waals surface area contributed by atoms with Gasteiger partial charge < -0.3 is 10.2 Å². The molecular formula is C28H26N2O. The van der Waals surface area contributed by atoms with Gasteiger partial charge in [0.25, 0.3) is 0 Å². The van der Waals surface area contributed by atoms with Crippen molar-refractivity contribution in [2.24, 2.45) is 0 Å². The van der Waals surface area contributed by atoms with Crippen molar-refractivity contribution < 1.29 is 4.79 Å². The quantitative estimate of drug-likeness (QED) is 0.491. The lowest BCUT2D eigenvalue weighted by atomic mass is 9.74. The van der Waals surface area contributed by atoms with Crippen LogP contribution in [0.5, 0.6) is 0 Å². The zero-order chi connectivity index (χ0) is 21.2. The van der Waals surface area contributed by atoms with Gasteiger partial charge in [0, 0.05) is 24.1 Å². The minimum Gasteiger partial charge on any atom is -0.344 e. The number of anilines is 1. The molecule has 3 heteroatoms. The third-order valence-electron chi connectivity index (χ3n) is 7.47. The van der Waals surface area contributed by atoms with Crippen molar-refractivity contribution in [3.8, 4) is 11.1 Å². The molecule has 3 aromatic carbocycles. The van der Waals surface area contributed by atoms with Crippen LogP contribution in [0.2, 0.25) is 0 Å². The van der Waals surface area contributed by atoms with E-state index in [1.165, 1.54) is 39.1 Å². The monoisotopic (exact) mass is 406 g/mol. The number of amides is 1. The first-order valence-corrected chi connectivity index (χ1v) is 11.1. The number of para-hydroxylation sites is 1. The lowest BCUT2D eigenvalue weighted by molar-refractivity contribution is -0.124. The van der Waals surface area contributed by atoms with Crippen LogP contribution in [0.25, 0.3) is 17.2 Å². The molecular weight excluding hydrogens is 380 g/mol. The van der Waals surface area contributed by atoms with E-state index in [9.17, 15) is 4.79 Å². The van der Waals surface area contributed by atoms with Gasteiger partial charge in [0.05, 0.1) is 0 Å². The molecule has 0 unspecified atom stereocenters. The third kappa shape index (κ3) is 2.49. The van der Waals surface area contributed by atoms with Gasteiger partial charge in [-0.1, -0.05) is 80.6 Å². The van der Waals surface area contributed by atoms with E-state index >= 15 is 0 Å². The predicted molar refractivity (Wildman–Crippen MR) is 126 cm³/mol. The van der Waals surface area contributed by atoms with Gasteiger partial charge in [-0.25, -0.2) is 0 Å². The molecule has 1 saturated heterocycles. The Morgan fingerprint density at radius 3 is 2.61 bits per heavy atom. The Balaban J connectivity index is 1.41. The number of nitrogens with zero attached hydrogens (tertiary/aromatic N) is 1. The molecule has 1 amide bonds. The van der Waals surface area contributed by atoms with Crippen molar-refractivity contribution in [3.63, 3.8) is 0 Å². The number of rotatable bonds is 2. The Bertz CT molecular complexity index is 1260. The van der Waals surface area contributed by atoms with Crippen molar-refractivity contribution in [3.05, 3.63) is 95.1 Å². The van der Waals surface area contributed by atoms with Gasteiger partial charge in [0.15, 0.2) is 0 Å². The second-order valence-electron chi connectivity index (χ2n) is 9.44. The Morgan fingerprint density at radius 1 is 0.935 bits per heavy atom. The summed E-state index contributed by atoms with van der Waals surface area (Å²) in [4.78, 5) is 14.9. The van der Waals surface area contributed by atoms with Gasteiger partial charge in [-0.2, -0.15) is 0 Å². The highest BCUT2D eigenvalue weighted by molar-refractivity contribution is 5.85. The standard InChI is InChI=1S/C28H26N2O/c1-27(2)24-9-5-6-10-25(24)30-16-14-26(31)29-28(27,30)15-13-19-11-12-23-21(17-19)18-20-7-3-4-8-22(20)23/h3-13,15,17H,14,16,18H2,1-2H3,(H,29,31)/b15-13+/t28-/m1/s1. The van der Waals surface area contributed by atoms with Gasteiger partial charge in [0.1, 0.15) is 5.66 Å². The van der Waals surface area contributed by atoms with Gasteiger partial charge in [-0.3, -0.25) is 4.79 Å². The van der Waals surface area contributed by atoms with Crippen LogP contribution in [0, 0.1) is 0 Å². The lowest BCUT2D eigenvalue weighted by Crippen LogP contribution is -2.68. The van der Waals surface area contributed by atoms with Crippen LogP contribution >= 0.6 is 0 Å². The van der Waals surface area contributed by atoms with Gasteiger partial charge in [0.2, 0.25) is 5.91 Å². The number of hydrogen-bond acceptors (Lipinski definition) is 2. The normalized spacial score (nSPS) is 22.6. The molecule has 2 heterocycles. The number of benzene rings is 3. The van der Waals surface area contributed by atoms with Crippen molar-refractivity contribution in [1.82, 2.24) is 5.32 Å². The summed E-state index contributed by atoms with van der Waals surface area (Å²) in [5, 5.41) is 3.37. The van der Waals surface area contributed by atoms with Crippen LogP contribution < -0.4 is 10.2 Å². The SMILES string of the molecule is CC1(C)c2ccccc2N2CCC(=O)N[C@]21/C=C/c1ccc2c(c1)Cc1ccccc1-2. The summed E-state index contributed by atoms with van der Waals surface area (Å²) in [7, 11) is 0. The Morgan fingerprint density at radius 2 is 1.71 bits per heavy atom. The summed E-state index contributed by atoms with van der Waals surface area (Å²) >= 11 is 0. The predicted octanol–water partition coefficient (Wildman–Crippen LogP) is 5.29.